The summed E-state index contributed by atoms with van der Waals surface area (Å²) in [5.41, 5.74) is -1.83. The molecule has 0 aromatic heterocycles. The van der Waals surface area contributed by atoms with Gasteiger partial charge in [0.1, 0.15) is 11.5 Å². The van der Waals surface area contributed by atoms with Gasteiger partial charge in [0.2, 0.25) is 0 Å². The summed E-state index contributed by atoms with van der Waals surface area (Å²) >= 11 is 0. The maximum Gasteiger partial charge on any atom is 0.320 e. The minimum absolute atomic E-state index is 0.0370. The van der Waals surface area contributed by atoms with E-state index in [-0.39, 0.29) is 48.8 Å². The Morgan fingerprint density at radius 2 is 2.00 bits per heavy atom. The number of fused-ring (bicyclic) bond motifs is 4. The second-order valence-corrected chi connectivity index (χ2v) is 9.99. The minimum Gasteiger partial charge on any atom is -0.464 e. The maximum atomic E-state index is 13.3. The van der Waals surface area contributed by atoms with E-state index in [4.69, 9.17) is 14.2 Å². The number of carbonyl (C=O) groups excluding carboxylic acids is 3. The van der Waals surface area contributed by atoms with E-state index in [1.54, 1.807) is 0 Å². The highest BCUT2D eigenvalue weighted by Crippen LogP contribution is 2.69. The fraction of sp³-hybridized carbons (Fsp3) is 0.773. The number of Topliss-reactive ketones (excluding diaryl/α,β-unsaturated/α-hetero) is 1. The molecule has 29 heavy (non-hydrogen) atoms. The van der Waals surface area contributed by atoms with Crippen molar-refractivity contribution in [2.24, 2.45) is 34.0 Å². The topological polar surface area (TPSA) is 99.1 Å². The number of allylic oxidation sites excluding steroid dienone is 1. The standard InChI is InChI=1S/C22H28O7/c1-11-13-4-5-14-21(10-28-19(26)22(14,8-13)17(11)24)7-6-15(29-12(2)23)20(3)9-27-18(25)16(20)21/h13-16,18,25H,1,4-10H2,2-3H3/t13-,14+,15+,16-,18+,20-,21-,22+/m1/s1. The van der Waals surface area contributed by atoms with Crippen LogP contribution in [-0.4, -0.2) is 48.4 Å². The summed E-state index contributed by atoms with van der Waals surface area (Å²) in [6.45, 7) is 7.77. The summed E-state index contributed by atoms with van der Waals surface area (Å²) in [4.78, 5) is 38.0. The van der Waals surface area contributed by atoms with E-state index in [1.165, 1.54) is 6.92 Å². The van der Waals surface area contributed by atoms with Gasteiger partial charge in [-0.05, 0) is 49.5 Å². The normalized spacial score (nSPS) is 50.9. The monoisotopic (exact) mass is 404 g/mol. The lowest BCUT2D eigenvalue weighted by molar-refractivity contribution is -0.237. The van der Waals surface area contributed by atoms with Gasteiger partial charge in [0.05, 0.1) is 13.2 Å². The molecule has 5 rings (SSSR count). The molecule has 1 N–H and O–H groups in total. The van der Waals surface area contributed by atoms with Gasteiger partial charge in [0.25, 0.3) is 0 Å². The molecule has 8 atom stereocenters. The highest BCUT2D eigenvalue weighted by molar-refractivity contribution is 6.15. The number of rotatable bonds is 1. The molecule has 0 aromatic rings. The zero-order valence-corrected chi connectivity index (χ0v) is 16.9. The van der Waals surface area contributed by atoms with Crippen LogP contribution in [0.3, 0.4) is 0 Å². The third-order valence-electron chi connectivity index (χ3n) is 8.78. The van der Waals surface area contributed by atoms with E-state index in [2.05, 4.69) is 6.58 Å². The molecule has 7 heteroatoms. The third kappa shape index (κ3) is 2.18. The van der Waals surface area contributed by atoms with Crippen LogP contribution >= 0.6 is 0 Å². The minimum atomic E-state index is -1.18. The van der Waals surface area contributed by atoms with Crippen molar-refractivity contribution in [1.82, 2.24) is 0 Å². The van der Waals surface area contributed by atoms with Crippen molar-refractivity contribution < 1.29 is 33.7 Å². The molecular weight excluding hydrogens is 376 g/mol. The van der Waals surface area contributed by atoms with Gasteiger partial charge in [-0.25, -0.2) is 0 Å². The van der Waals surface area contributed by atoms with Crippen LogP contribution in [0.5, 0.6) is 0 Å². The molecule has 0 aromatic carbocycles. The molecule has 0 amide bonds. The first kappa shape index (κ1) is 19.2. The van der Waals surface area contributed by atoms with Crippen LogP contribution in [0.4, 0.5) is 0 Å². The average Bonchev–Trinajstić information content (AvgIpc) is 3.10. The van der Waals surface area contributed by atoms with Crippen molar-refractivity contribution in [3.63, 3.8) is 0 Å². The number of ketones is 1. The lowest BCUT2D eigenvalue weighted by atomic mass is 9.44. The smallest absolute Gasteiger partial charge is 0.320 e. The van der Waals surface area contributed by atoms with E-state index in [0.29, 0.717) is 24.8 Å². The van der Waals surface area contributed by atoms with E-state index in [0.717, 1.165) is 12.8 Å². The Labute approximate surface area is 169 Å². The number of esters is 2. The van der Waals surface area contributed by atoms with Gasteiger partial charge in [0, 0.05) is 23.7 Å². The van der Waals surface area contributed by atoms with Crippen molar-refractivity contribution in [2.75, 3.05) is 13.2 Å². The van der Waals surface area contributed by atoms with E-state index in [9.17, 15) is 19.5 Å². The fourth-order valence-corrected chi connectivity index (χ4v) is 7.64. The van der Waals surface area contributed by atoms with Crippen LogP contribution in [-0.2, 0) is 28.6 Å². The second-order valence-electron chi connectivity index (χ2n) is 9.99. The summed E-state index contributed by atoms with van der Waals surface area (Å²) < 4.78 is 17.0. The van der Waals surface area contributed by atoms with Gasteiger partial charge in [-0.3, -0.25) is 14.4 Å². The molecule has 3 saturated carbocycles. The van der Waals surface area contributed by atoms with Crippen molar-refractivity contribution in [1.29, 1.82) is 0 Å². The van der Waals surface area contributed by atoms with Gasteiger partial charge in [-0.15, -0.1) is 0 Å². The third-order valence-corrected chi connectivity index (χ3v) is 8.78. The average molecular weight is 404 g/mol. The zero-order chi connectivity index (χ0) is 20.8. The SMILES string of the molecule is C=C1C(=O)[C@]23C[C@H]1CC[C@H]2[C@@]1(CC[C@H](OC(C)=O)[C@@]2(C)CO[C@H](O)[C@H]21)COC3=O. The molecule has 5 aliphatic rings. The Bertz CT molecular complexity index is 820. The lowest BCUT2D eigenvalue weighted by Crippen LogP contribution is -2.66. The van der Waals surface area contributed by atoms with Crippen molar-refractivity contribution in [2.45, 2.75) is 58.3 Å². The van der Waals surface area contributed by atoms with Crippen molar-refractivity contribution in [3.8, 4) is 0 Å². The Balaban J connectivity index is 1.62. The van der Waals surface area contributed by atoms with Crippen LogP contribution in [0.25, 0.3) is 0 Å². The molecule has 0 radical (unpaired) electrons. The van der Waals surface area contributed by atoms with E-state index < -0.39 is 28.5 Å². The van der Waals surface area contributed by atoms with Gasteiger partial charge in [0.15, 0.2) is 12.1 Å². The molecule has 2 aliphatic heterocycles. The molecule has 5 fully saturated rings. The number of aliphatic hydroxyl groups excluding tert-OH is 1. The largest absolute Gasteiger partial charge is 0.464 e. The van der Waals surface area contributed by atoms with Crippen LogP contribution in [0.2, 0.25) is 0 Å². The summed E-state index contributed by atoms with van der Waals surface area (Å²) in [5, 5.41) is 10.9. The molecule has 0 unspecified atom stereocenters. The van der Waals surface area contributed by atoms with Crippen LogP contribution in [0, 0.1) is 34.0 Å². The van der Waals surface area contributed by atoms with E-state index in [1.807, 2.05) is 6.92 Å². The Morgan fingerprint density at radius 1 is 1.24 bits per heavy atom. The summed E-state index contributed by atoms with van der Waals surface area (Å²) in [7, 11) is 0. The molecule has 2 bridgehead atoms. The first-order valence-electron chi connectivity index (χ1n) is 10.5. The number of aliphatic hydroxyl groups is 1. The predicted molar refractivity (Wildman–Crippen MR) is 99.1 cm³/mol. The Morgan fingerprint density at radius 3 is 2.72 bits per heavy atom. The summed E-state index contributed by atoms with van der Waals surface area (Å²) in [6, 6.07) is 0. The number of ether oxygens (including phenoxy) is 3. The maximum absolute atomic E-state index is 13.3. The molecule has 158 valence electrons. The number of hydrogen-bond donors (Lipinski definition) is 1. The quantitative estimate of drug-likeness (QED) is 0.404. The van der Waals surface area contributed by atoms with Crippen molar-refractivity contribution in [3.05, 3.63) is 12.2 Å². The van der Waals surface area contributed by atoms with Crippen LogP contribution < -0.4 is 0 Å². The number of carbonyl (C=O) groups is 3. The van der Waals surface area contributed by atoms with Gasteiger partial charge in [-0.2, -0.15) is 0 Å². The predicted octanol–water partition coefficient (Wildman–Crippen LogP) is 1.77. The lowest BCUT2D eigenvalue weighted by Gasteiger charge is -2.61. The molecule has 2 heterocycles. The Hall–Kier alpha value is -1.73. The molecule has 2 spiro atoms. The first-order chi connectivity index (χ1) is 13.7. The van der Waals surface area contributed by atoms with Gasteiger partial charge >= 0.3 is 11.9 Å². The number of hydrogen-bond acceptors (Lipinski definition) is 7. The second kappa shape index (κ2) is 5.91. The highest BCUT2D eigenvalue weighted by Gasteiger charge is 2.75. The summed E-state index contributed by atoms with van der Waals surface area (Å²) in [6.07, 6.45) is 1.77. The van der Waals surface area contributed by atoms with Gasteiger partial charge < -0.3 is 19.3 Å². The molecule has 3 aliphatic carbocycles. The molecule has 7 nitrogen and oxygen atoms in total. The van der Waals surface area contributed by atoms with Crippen LogP contribution in [0.1, 0.15) is 46.0 Å². The Kier molecular flexibility index (Phi) is 3.92. The van der Waals surface area contributed by atoms with Gasteiger partial charge in [-0.1, -0.05) is 13.5 Å². The molecular formula is C22H28O7. The first-order valence-corrected chi connectivity index (χ1v) is 10.5. The van der Waals surface area contributed by atoms with Crippen LogP contribution in [0.15, 0.2) is 12.2 Å². The highest BCUT2D eigenvalue weighted by atomic mass is 16.6. The zero-order valence-electron chi connectivity index (χ0n) is 16.9. The molecule has 2 saturated heterocycles. The summed E-state index contributed by atoms with van der Waals surface area (Å²) in [5.74, 6) is -1.54. The fourth-order valence-electron chi connectivity index (χ4n) is 7.64. The van der Waals surface area contributed by atoms with Crippen molar-refractivity contribution >= 4 is 17.7 Å². The van der Waals surface area contributed by atoms with E-state index >= 15 is 0 Å². The number of cyclic esters (lactones) is 1.